The highest BCUT2D eigenvalue weighted by Gasteiger charge is 2.15. The first kappa shape index (κ1) is 19.3. The minimum absolute atomic E-state index is 0.269. The molecule has 1 amide bonds. The smallest absolute Gasteiger partial charge is 0.261 e. The molecule has 27 heavy (non-hydrogen) atoms. The summed E-state index contributed by atoms with van der Waals surface area (Å²) in [4.78, 5) is 12.7. The molecule has 140 valence electrons. The number of anilines is 1. The van der Waals surface area contributed by atoms with Gasteiger partial charge in [-0.2, -0.15) is 0 Å². The van der Waals surface area contributed by atoms with Gasteiger partial charge in [0.25, 0.3) is 5.91 Å². The van der Waals surface area contributed by atoms with Crippen molar-refractivity contribution in [1.29, 1.82) is 0 Å². The number of benzene rings is 2. The summed E-state index contributed by atoms with van der Waals surface area (Å²) in [5.41, 5.74) is 1.42. The van der Waals surface area contributed by atoms with E-state index in [1.165, 1.54) is 11.3 Å². The largest absolute Gasteiger partial charge is 0.488 e. The van der Waals surface area contributed by atoms with E-state index in [2.05, 4.69) is 29.4 Å². The van der Waals surface area contributed by atoms with E-state index in [0.29, 0.717) is 34.0 Å². The van der Waals surface area contributed by atoms with E-state index in [-0.39, 0.29) is 5.91 Å². The van der Waals surface area contributed by atoms with Gasteiger partial charge in [-0.15, -0.1) is 10.2 Å². The van der Waals surface area contributed by atoms with Crippen molar-refractivity contribution in [3.8, 4) is 5.75 Å². The number of carbonyl (C=O) groups is 1. The van der Waals surface area contributed by atoms with Crippen LogP contribution < -0.4 is 10.1 Å². The second-order valence-electron chi connectivity index (χ2n) is 6.46. The Bertz CT molecular complexity index is 910. The summed E-state index contributed by atoms with van der Waals surface area (Å²) in [5.74, 6) is 0.731. The molecule has 1 N–H and O–H groups in total. The molecular formula is C20H20ClN3O2S. The number of carbonyl (C=O) groups excluding carboxylic acids is 1. The van der Waals surface area contributed by atoms with E-state index in [9.17, 15) is 4.79 Å². The molecular weight excluding hydrogens is 382 g/mol. The van der Waals surface area contributed by atoms with Crippen LogP contribution >= 0.6 is 22.9 Å². The Hall–Kier alpha value is -2.44. The third-order valence-electron chi connectivity index (χ3n) is 3.71. The van der Waals surface area contributed by atoms with Crippen LogP contribution in [0.4, 0.5) is 5.13 Å². The van der Waals surface area contributed by atoms with Crippen LogP contribution in [0.5, 0.6) is 5.75 Å². The first-order valence-electron chi connectivity index (χ1n) is 8.61. The Kier molecular flexibility index (Phi) is 6.42. The van der Waals surface area contributed by atoms with Crippen molar-refractivity contribution >= 4 is 34.0 Å². The van der Waals surface area contributed by atoms with E-state index in [4.69, 9.17) is 16.3 Å². The molecule has 0 bridgehead atoms. The first-order valence-corrected chi connectivity index (χ1v) is 9.80. The number of rotatable bonds is 7. The predicted molar refractivity (Wildman–Crippen MR) is 109 cm³/mol. The summed E-state index contributed by atoms with van der Waals surface area (Å²) in [5, 5.41) is 13.0. The van der Waals surface area contributed by atoms with Gasteiger partial charge in [0.15, 0.2) is 0 Å². The van der Waals surface area contributed by atoms with E-state index in [0.717, 1.165) is 17.0 Å². The lowest BCUT2D eigenvalue weighted by atomic mass is 10.1. The lowest BCUT2D eigenvalue weighted by Gasteiger charge is -2.11. The molecule has 0 spiro atoms. The van der Waals surface area contributed by atoms with Crippen LogP contribution in [0.1, 0.15) is 34.8 Å². The maximum absolute atomic E-state index is 12.7. The standard InChI is InChI=1S/C20H20ClN3O2S/c1-13(2)11-18-23-24-20(27-18)22-19(25)16-5-3-4-6-17(16)26-12-14-7-9-15(21)10-8-14/h3-10,13H,11-12H2,1-2H3,(H,22,24,25). The lowest BCUT2D eigenvalue weighted by Crippen LogP contribution is -2.13. The highest BCUT2D eigenvalue weighted by Crippen LogP contribution is 2.23. The van der Waals surface area contributed by atoms with Gasteiger partial charge in [-0.05, 0) is 35.7 Å². The average molecular weight is 402 g/mol. The highest BCUT2D eigenvalue weighted by molar-refractivity contribution is 7.15. The number of aromatic nitrogens is 2. The van der Waals surface area contributed by atoms with Gasteiger partial charge < -0.3 is 4.74 Å². The van der Waals surface area contributed by atoms with Crippen molar-refractivity contribution in [3.05, 3.63) is 69.7 Å². The molecule has 5 nitrogen and oxygen atoms in total. The van der Waals surface area contributed by atoms with Crippen molar-refractivity contribution in [3.63, 3.8) is 0 Å². The highest BCUT2D eigenvalue weighted by atomic mass is 35.5. The van der Waals surface area contributed by atoms with Crippen molar-refractivity contribution in [1.82, 2.24) is 10.2 Å². The van der Waals surface area contributed by atoms with Gasteiger partial charge in [-0.1, -0.05) is 61.1 Å². The number of nitrogens with zero attached hydrogens (tertiary/aromatic N) is 2. The topological polar surface area (TPSA) is 64.1 Å². The molecule has 0 aliphatic heterocycles. The molecule has 3 aromatic rings. The second kappa shape index (κ2) is 8.97. The van der Waals surface area contributed by atoms with E-state index < -0.39 is 0 Å². The Morgan fingerprint density at radius 3 is 2.63 bits per heavy atom. The fourth-order valence-corrected chi connectivity index (χ4v) is 3.49. The van der Waals surface area contributed by atoms with Crippen molar-refractivity contribution < 1.29 is 9.53 Å². The molecule has 0 atom stereocenters. The number of ether oxygens (including phenoxy) is 1. The van der Waals surface area contributed by atoms with Gasteiger partial charge >= 0.3 is 0 Å². The fraction of sp³-hybridized carbons (Fsp3) is 0.250. The molecule has 0 saturated heterocycles. The van der Waals surface area contributed by atoms with Gasteiger partial charge in [0.2, 0.25) is 5.13 Å². The number of para-hydroxylation sites is 1. The predicted octanol–water partition coefficient (Wildman–Crippen LogP) is 5.22. The monoisotopic (exact) mass is 401 g/mol. The number of halogens is 1. The molecule has 7 heteroatoms. The molecule has 1 heterocycles. The van der Waals surface area contributed by atoms with Gasteiger partial charge in [0, 0.05) is 11.4 Å². The Labute approximate surface area is 167 Å². The van der Waals surface area contributed by atoms with Crippen molar-refractivity contribution in [2.75, 3.05) is 5.32 Å². The molecule has 0 aliphatic carbocycles. The van der Waals surface area contributed by atoms with Crippen LogP contribution in [-0.2, 0) is 13.0 Å². The molecule has 0 unspecified atom stereocenters. The van der Waals surface area contributed by atoms with Crippen molar-refractivity contribution in [2.24, 2.45) is 5.92 Å². The normalized spacial score (nSPS) is 10.8. The Morgan fingerprint density at radius 1 is 1.15 bits per heavy atom. The average Bonchev–Trinajstić information content (AvgIpc) is 3.07. The summed E-state index contributed by atoms with van der Waals surface area (Å²) >= 11 is 7.29. The SMILES string of the molecule is CC(C)Cc1nnc(NC(=O)c2ccccc2OCc2ccc(Cl)cc2)s1. The molecule has 0 aliphatic rings. The Balaban J connectivity index is 1.68. The van der Waals surface area contributed by atoms with Crippen LogP contribution in [0, 0.1) is 5.92 Å². The fourth-order valence-electron chi connectivity index (χ4n) is 2.42. The number of hydrogen-bond acceptors (Lipinski definition) is 5. The quantitative estimate of drug-likeness (QED) is 0.589. The summed E-state index contributed by atoms with van der Waals surface area (Å²) < 4.78 is 5.84. The van der Waals surface area contributed by atoms with Crippen molar-refractivity contribution in [2.45, 2.75) is 26.9 Å². The van der Waals surface area contributed by atoms with Crippen LogP contribution in [0.25, 0.3) is 0 Å². The van der Waals surface area contributed by atoms with Gasteiger partial charge in [0.05, 0.1) is 5.56 Å². The lowest BCUT2D eigenvalue weighted by molar-refractivity contribution is 0.102. The van der Waals surface area contributed by atoms with Gasteiger partial charge in [-0.25, -0.2) is 0 Å². The maximum atomic E-state index is 12.7. The van der Waals surface area contributed by atoms with Crippen LogP contribution in [0.15, 0.2) is 48.5 Å². The van der Waals surface area contributed by atoms with Gasteiger partial charge in [-0.3, -0.25) is 10.1 Å². The second-order valence-corrected chi connectivity index (χ2v) is 7.96. The number of nitrogens with one attached hydrogen (secondary N) is 1. The van der Waals surface area contributed by atoms with E-state index >= 15 is 0 Å². The Morgan fingerprint density at radius 2 is 1.89 bits per heavy atom. The van der Waals surface area contributed by atoms with Crippen LogP contribution in [0.2, 0.25) is 5.02 Å². The van der Waals surface area contributed by atoms with Crippen LogP contribution in [-0.4, -0.2) is 16.1 Å². The zero-order valence-corrected chi connectivity index (χ0v) is 16.7. The maximum Gasteiger partial charge on any atom is 0.261 e. The summed E-state index contributed by atoms with van der Waals surface area (Å²) in [7, 11) is 0. The summed E-state index contributed by atoms with van der Waals surface area (Å²) in [6.45, 7) is 4.58. The van der Waals surface area contributed by atoms with Gasteiger partial charge in [0.1, 0.15) is 17.4 Å². The summed E-state index contributed by atoms with van der Waals surface area (Å²) in [6.07, 6.45) is 0.842. The molecule has 0 radical (unpaired) electrons. The molecule has 3 rings (SSSR count). The third-order valence-corrected chi connectivity index (χ3v) is 4.82. The number of hydrogen-bond donors (Lipinski definition) is 1. The number of amides is 1. The first-order chi connectivity index (χ1) is 13.0. The third kappa shape index (κ3) is 5.52. The molecule has 0 fully saturated rings. The summed E-state index contributed by atoms with van der Waals surface area (Å²) in [6, 6.07) is 14.5. The van der Waals surface area contributed by atoms with E-state index in [1.807, 2.05) is 30.3 Å². The zero-order chi connectivity index (χ0) is 19.2. The molecule has 0 saturated carbocycles. The van der Waals surface area contributed by atoms with E-state index in [1.54, 1.807) is 18.2 Å². The van der Waals surface area contributed by atoms with Crippen LogP contribution in [0.3, 0.4) is 0 Å². The zero-order valence-electron chi connectivity index (χ0n) is 15.1. The molecule has 2 aromatic carbocycles. The minimum Gasteiger partial charge on any atom is -0.488 e. The molecule has 1 aromatic heterocycles. The minimum atomic E-state index is -0.269.